The molecule has 0 aliphatic rings. The minimum Gasteiger partial charge on any atom is -0.484 e. The molecule has 8 heteroatoms. The van der Waals surface area contributed by atoms with Crippen molar-refractivity contribution in [1.82, 2.24) is 5.43 Å². The fraction of sp³-hybridized carbons (Fsp3) is 0.0455. The zero-order valence-electron chi connectivity index (χ0n) is 15.5. The van der Waals surface area contributed by atoms with Crippen LogP contribution in [0.1, 0.15) is 15.9 Å². The number of esters is 1. The summed E-state index contributed by atoms with van der Waals surface area (Å²) >= 11 is 3.35. The van der Waals surface area contributed by atoms with Crippen molar-refractivity contribution in [3.8, 4) is 11.5 Å². The molecule has 0 saturated carbocycles. The molecular formula is C22H16BrFN2O4. The summed E-state index contributed by atoms with van der Waals surface area (Å²) in [5, 5.41) is 3.87. The SMILES string of the molecule is O=C(COc1ccc(F)cc1)N/N=C\c1cc(Br)ccc1OC(=O)c1ccccc1. The Labute approximate surface area is 180 Å². The van der Waals surface area contributed by atoms with Gasteiger partial charge in [0.15, 0.2) is 6.61 Å². The maximum absolute atomic E-state index is 12.9. The van der Waals surface area contributed by atoms with Gasteiger partial charge in [-0.25, -0.2) is 14.6 Å². The van der Waals surface area contributed by atoms with Gasteiger partial charge < -0.3 is 9.47 Å². The normalized spacial score (nSPS) is 10.6. The molecule has 3 rings (SSSR count). The largest absolute Gasteiger partial charge is 0.484 e. The van der Waals surface area contributed by atoms with Gasteiger partial charge in [0.05, 0.1) is 11.8 Å². The molecule has 0 saturated heterocycles. The number of carbonyl (C=O) groups excluding carboxylic acids is 2. The second-order valence-electron chi connectivity index (χ2n) is 5.97. The van der Waals surface area contributed by atoms with Crippen molar-refractivity contribution in [1.29, 1.82) is 0 Å². The number of hydrogen-bond acceptors (Lipinski definition) is 5. The van der Waals surface area contributed by atoms with Crippen LogP contribution in [0.2, 0.25) is 0 Å². The van der Waals surface area contributed by atoms with Crippen LogP contribution >= 0.6 is 15.9 Å². The number of hydrogen-bond donors (Lipinski definition) is 1. The summed E-state index contributed by atoms with van der Waals surface area (Å²) in [6.07, 6.45) is 1.36. The Morgan fingerprint density at radius 2 is 1.77 bits per heavy atom. The molecule has 0 atom stereocenters. The lowest BCUT2D eigenvalue weighted by molar-refractivity contribution is -0.123. The maximum atomic E-state index is 12.9. The average molecular weight is 471 g/mol. The summed E-state index contributed by atoms with van der Waals surface area (Å²) < 4.78 is 24.3. The molecule has 0 aliphatic heterocycles. The first-order chi connectivity index (χ1) is 14.5. The van der Waals surface area contributed by atoms with Crippen LogP contribution in [0.15, 0.2) is 82.4 Å². The average Bonchev–Trinajstić information content (AvgIpc) is 2.75. The van der Waals surface area contributed by atoms with Gasteiger partial charge in [-0.3, -0.25) is 4.79 Å². The molecule has 1 N–H and O–H groups in total. The Morgan fingerprint density at radius 1 is 1.03 bits per heavy atom. The minimum atomic E-state index is -0.510. The highest BCUT2D eigenvalue weighted by Crippen LogP contribution is 2.23. The van der Waals surface area contributed by atoms with Crippen LogP contribution < -0.4 is 14.9 Å². The van der Waals surface area contributed by atoms with Gasteiger partial charge in [-0.15, -0.1) is 0 Å². The van der Waals surface area contributed by atoms with E-state index >= 15 is 0 Å². The van der Waals surface area contributed by atoms with E-state index in [-0.39, 0.29) is 12.4 Å². The monoisotopic (exact) mass is 470 g/mol. The quantitative estimate of drug-likeness (QED) is 0.241. The molecular weight excluding hydrogens is 455 g/mol. The van der Waals surface area contributed by atoms with Gasteiger partial charge in [0.1, 0.15) is 17.3 Å². The van der Waals surface area contributed by atoms with Crippen LogP contribution in [-0.4, -0.2) is 24.7 Å². The number of rotatable bonds is 7. The van der Waals surface area contributed by atoms with Crippen molar-refractivity contribution in [3.63, 3.8) is 0 Å². The number of benzene rings is 3. The molecule has 0 unspecified atom stereocenters. The van der Waals surface area contributed by atoms with Crippen LogP contribution in [0.25, 0.3) is 0 Å². The first kappa shape index (κ1) is 21.2. The Balaban J connectivity index is 1.60. The zero-order chi connectivity index (χ0) is 21.3. The van der Waals surface area contributed by atoms with E-state index in [9.17, 15) is 14.0 Å². The number of carbonyl (C=O) groups is 2. The third-order valence-corrected chi connectivity index (χ3v) is 4.25. The van der Waals surface area contributed by atoms with Gasteiger partial charge in [-0.1, -0.05) is 34.1 Å². The highest BCUT2D eigenvalue weighted by molar-refractivity contribution is 9.10. The van der Waals surface area contributed by atoms with Crippen molar-refractivity contribution in [2.75, 3.05) is 6.61 Å². The molecule has 3 aromatic rings. The summed E-state index contributed by atoms with van der Waals surface area (Å²) in [5.74, 6) is -0.767. The predicted molar refractivity (Wildman–Crippen MR) is 113 cm³/mol. The predicted octanol–water partition coefficient (Wildman–Crippen LogP) is 4.34. The summed E-state index contributed by atoms with van der Waals surface area (Å²) in [6, 6.07) is 18.9. The van der Waals surface area contributed by atoms with Crippen LogP contribution in [0, 0.1) is 5.82 Å². The van der Waals surface area contributed by atoms with Gasteiger partial charge in [-0.05, 0) is 54.6 Å². The number of nitrogens with zero attached hydrogens (tertiary/aromatic N) is 1. The standard InChI is InChI=1S/C22H16BrFN2O4/c23-17-6-11-20(30-22(28)15-4-2-1-3-5-15)16(12-17)13-25-26-21(27)14-29-19-9-7-18(24)8-10-19/h1-13H,14H2,(H,26,27)/b25-13-. The topological polar surface area (TPSA) is 77.0 Å². The first-order valence-corrected chi connectivity index (χ1v) is 9.57. The Morgan fingerprint density at radius 3 is 2.50 bits per heavy atom. The van der Waals surface area contributed by atoms with Crippen LogP contribution in [0.3, 0.4) is 0 Å². The number of halogens is 2. The molecule has 0 bridgehead atoms. The fourth-order valence-corrected chi connectivity index (χ4v) is 2.71. The summed E-state index contributed by atoms with van der Waals surface area (Å²) in [4.78, 5) is 24.2. The van der Waals surface area contributed by atoms with Gasteiger partial charge in [0, 0.05) is 10.0 Å². The van der Waals surface area contributed by atoms with Gasteiger partial charge >= 0.3 is 5.97 Å². The van der Waals surface area contributed by atoms with Crippen LogP contribution in [0.4, 0.5) is 4.39 Å². The Bertz CT molecular complexity index is 1060. The van der Waals surface area contributed by atoms with E-state index in [0.717, 1.165) is 4.47 Å². The van der Waals surface area contributed by atoms with Crippen molar-refractivity contribution in [2.45, 2.75) is 0 Å². The minimum absolute atomic E-state index is 0.285. The van der Waals surface area contributed by atoms with E-state index in [0.29, 0.717) is 16.9 Å². The first-order valence-electron chi connectivity index (χ1n) is 8.78. The van der Waals surface area contributed by atoms with Gasteiger partial charge in [0.25, 0.3) is 5.91 Å². The van der Waals surface area contributed by atoms with E-state index in [1.54, 1.807) is 48.5 Å². The highest BCUT2D eigenvalue weighted by Gasteiger charge is 2.11. The number of ether oxygens (including phenoxy) is 2. The Hall–Kier alpha value is -3.52. The van der Waals surface area contributed by atoms with Crippen molar-refractivity contribution >= 4 is 34.0 Å². The molecule has 0 fully saturated rings. The molecule has 0 radical (unpaired) electrons. The van der Waals surface area contributed by atoms with Gasteiger partial charge in [0.2, 0.25) is 0 Å². The van der Waals surface area contributed by atoms with Crippen LogP contribution in [-0.2, 0) is 4.79 Å². The third kappa shape index (κ3) is 6.25. The molecule has 0 heterocycles. The van der Waals surface area contributed by atoms with E-state index in [2.05, 4.69) is 26.5 Å². The number of hydrazone groups is 1. The van der Waals surface area contributed by atoms with Crippen molar-refractivity contribution < 1.29 is 23.5 Å². The molecule has 0 aromatic heterocycles. The van der Waals surface area contributed by atoms with E-state index in [4.69, 9.17) is 9.47 Å². The Kier molecular flexibility index (Phi) is 7.29. The fourth-order valence-electron chi connectivity index (χ4n) is 2.33. The molecule has 1 amide bonds. The molecule has 152 valence electrons. The second-order valence-corrected chi connectivity index (χ2v) is 6.89. The molecule has 0 spiro atoms. The zero-order valence-corrected chi connectivity index (χ0v) is 17.1. The van der Waals surface area contributed by atoms with Crippen molar-refractivity contribution in [2.24, 2.45) is 5.10 Å². The summed E-state index contributed by atoms with van der Waals surface area (Å²) in [6.45, 7) is -0.294. The molecule has 3 aromatic carbocycles. The lowest BCUT2D eigenvalue weighted by atomic mass is 10.2. The lowest BCUT2D eigenvalue weighted by Gasteiger charge is -2.08. The van der Waals surface area contributed by atoms with E-state index < -0.39 is 17.7 Å². The second kappa shape index (κ2) is 10.3. The highest BCUT2D eigenvalue weighted by atomic mass is 79.9. The number of amides is 1. The molecule has 6 nitrogen and oxygen atoms in total. The summed E-state index contributed by atoms with van der Waals surface area (Å²) in [7, 11) is 0. The maximum Gasteiger partial charge on any atom is 0.343 e. The third-order valence-electron chi connectivity index (χ3n) is 3.76. The lowest BCUT2D eigenvalue weighted by Crippen LogP contribution is -2.24. The smallest absolute Gasteiger partial charge is 0.343 e. The molecule has 30 heavy (non-hydrogen) atoms. The number of nitrogens with one attached hydrogen (secondary N) is 1. The van der Waals surface area contributed by atoms with E-state index in [1.807, 2.05) is 0 Å². The van der Waals surface area contributed by atoms with Crippen LogP contribution in [0.5, 0.6) is 11.5 Å². The van der Waals surface area contributed by atoms with Gasteiger partial charge in [-0.2, -0.15) is 5.10 Å². The molecule has 0 aliphatic carbocycles. The van der Waals surface area contributed by atoms with Crippen molar-refractivity contribution in [3.05, 3.63) is 94.2 Å². The summed E-state index contributed by atoms with van der Waals surface area (Å²) in [5.41, 5.74) is 3.21. The van der Waals surface area contributed by atoms with E-state index in [1.165, 1.54) is 30.5 Å².